The first-order valence-electron chi connectivity index (χ1n) is 5.49. The summed E-state index contributed by atoms with van der Waals surface area (Å²) in [6.45, 7) is 7.04. The minimum Gasteiger partial charge on any atom is -0.444 e. The number of rotatable bonds is 5. The maximum atomic E-state index is 11.4. The van der Waals surface area contributed by atoms with Crippen LogP contribution < -0.4 is 5.32 Å². The summed E-state index contributed by atoms with van der Waals surface area (Å²) in [6, 6.07) is -0.378. The van der Waals surface area contributed by atoms with E-state index in [0.717, 1.165) is 0 Å². The lowest BCUT2D eigenvalue weighted by atomic mass is 10.0. The third-order valence-electron chi connectivity index (χ3n) is 1.94. The molecule has 0 bridgehead atoms. The number of ether oxygens (including phenoxy) is 1. The van der Waals surface area contributed by atoms with Gasteiger partial charge in [0.15, 0.2) is 0 Å². The van der Waals surface area contributed by atoms with Crippen LogP contribution in [0.4, 0.5) is 4.79 Å². The molecule has 0 saturated carbocycles. The Morgan fingerprint density at radius 1 is 1.31 bits per heavy atom. The van der Waals surface area contributed by atoms with Crippen LogP contribution in [0.3, 0.4) is 0 Å². The van der Waals surface area contributed by atoms with Crippen LogP contribution in [0.15, 0.2) is 0 Å². The molecule has 0 radical (unpaired) electrons. The third kappa shape index (κ3) is 7.48. The topological polar surface area (TPSA) is 78.8 Å². The van der Waals surface area contributed by atoms with Crippen molar-refractivity contribution in [2.45, 2.75) is 45.8 Å². The molecule has 0 spiro atoms. The van der Waals surface area contributed by atoms with Crippen molar-refractivity contribution in [3.63, 3.8) is 0 Å². The lowest BCUT2D eigenvalue weighted by molar-refractivity contribution is 0.0467. The van der Waals surface area contributed by atoms with Gasteiger partial charge in [-0.2, -0.15) is 0 Å². The second-order valence-electron chi connectivity index (χ2n) is 5.05. The number of nitrogens with one attached hydrogen (secondary N) is 1. The monoisotopic (exact) mass is 233 g/mol. The predicted molar refractivity (Wildman–Crippen MR) is 61.1 cm³/mol. The van der Waals surface area contributed by atoms with Crippen LogP contribution in [0, 0.1) is 5.92 Å². The molecule has 2 atom stereocenters. The van der Waals surface area contributed by atoms with E-state index in [-0.39, 0.29) is 25.2 Å². The first-order valence-corrected chi connectivity index (χ1v) is 5.49. The summed E-state index contributed by atoms with van der Waals surface area (Å²) in [5.41, 5.74) is -0.549. The third-order valence-corrected chi connectivity index (χ3v) is 1.94. The molecule has 0 unspecified atom stereocenters. The van der Waals surface area contributed by atoms with E-state index in [1.165, 1.54) is 0 Å². The van der Waals surface area contributed by atoms with E-state index in [1.807, 2.05) is 6.92 Å². The Kier molecular flexibility index (Phi) is 6.36. The maximum absolute atomic E-state index is 11.4. The summed E-state index contributed by atoms with van der Waals surface area (Å²) in [7, 11) is 0. The molecule has 0 aromatic heterocycles. The van der Waals surface area contributed by atoms with Gasteiger partial charge in [-0.15, -0.1) is 0 Å². The molecule has 0 rings (SSSR count). The van der Waals surface area contributed by atoms with Gasteiger partial charge in [0.05, 0.1) is 12.6 Å². The molecule has 0 aliphatic heterocycles. The molecule has 0 fully saturated rings. The van der Waals surface area contributed by atoms with Crippen molar-refractivity contribution in [1.82, 2.24) is 5.32 Å². The van der Waals surface area contributed by atoms with Crippen molar-refractivity contribution in [2.75, 3.05) is 13.2 Å². The van der Waals surface area contributed by atoms with Gasteiger partial charge >= 0.3 is 6.09 Å². The van der Waals surface area contributed by atoms with E-state index in [0.29, 0.717) is 6.42 Å². The van der Waals surface area contributed by atoms with Crippen molar-refractivity contribution in [3.05, 3.63) is 0 Å². The van der Waals surface area contributed by atoms with Gasteiger partial charge in [-0.1, -0.05) is 6.92 Å². The van der Waals surface area contributed by atoms with Crippen LogP contribution in [0.5, 0.6) is 0 Å². The standard InChI is InChI=1S/C11H23NO4/c1-8(6-13)5-9(7-14)12-10(15)16-11(2,3)4/h8-9,13-14H,5-7H2,1-4H3,(H,12,15)/t8-,9-/m1/s1. The molecule has 96 valence electrons. The van der Waals surface area contributed by atoms with Crippen LogP contribution in [0.2, 0.25) is 0 Å². The highest BCUT2D eigenvalue weighted by Gasteiger charge is 2.20. The predicted octanol–water partition coefficient (Wildman–Crippen LogP) is 0.890. The lowest BCUT2D eigenvalue weighted by Gasteiger charge is -2.23. The second kappa shape index (κ2) is 6.70. The van der Waals surface area contributed by atoms with Gasteiger partial charge < -0.3 is 20.3 Å². The van der Waals surface area contributed by atoms with Gasteiger partial charge in [0.1, 0.15) is 5.60 Å². The van der Waals surface area contributed by atoms with Crippen LogP contribution >= 0.6 is 0 Å². The maximum Gasteiger partial charge on any atom is 0.407 e. The van der Waals surface area contributed by atoms with Gasteiger partial charge in [-0.05, 0) is 33.1 Å². The first kappa shape index (κ1) is 15.2. The number of carbonyl (C=O) groups is 1. The summed E-state index contributed by atoms with van der Waals surface area (Å²) < 4.78 is 5.06. The normalized spacial score (nSPS) is 15.4. The zero-order valence-corrected chi connectivity index (χ0v) is 10.5. The highest BCUT2D eigenvalue weighted by Crippen LogP contribution is 2.09. The fourth-order valence-corrected chi connectivity index (χ4v) is 1.21. The summed E-state index contributed by atoms with van der Waals surface area (Å²) >= 11 is 0. The number of amides is 1. The molecule has 5 heteroatoms. The average Bonchev–Trinajstić information content (AvgIpc) is 2.13. The number of hydrogen-bond donors (Lipinski definition) is 3. The van der Waals surface area contributed by atoms with Gasteiger partial charge in [0.2, 0.25) is 0 Å². The van der Waals surface area contributed by atoms with E-state index in [1.54, 1.807) is 20.8 Å². The molecule has 16 heavy (non-hydrogen) atoms. The molecule has 0 aromatic rings. The Hall–Kier alpha value is -0.810. The first-order chi connectivity index (χ1) is 7.28. The molecule has 0 saturated heterocycles. The summed E-state index contributed by atoms with van der Waals surface area (Å²) in [5.74, 6) is 0.0343. The van der Waals surface area contributed by atoms with Crippen LogP contribution in [0.1, 0.15) is 34.1 Å². The van der Waals surface area contributed by atoms with Gasteiger partial charge in [-0.3, -0.25) is 0 Å². The van der Waals surface area contributed by atoms with E-state index < -0.39 is 11.7 Å². The van der Waals surface area contributed by atoms with Gasteiger partial charge in [0, 0.05) is 6.61 Å². The number of carbonyl (C=O) groups excluding carboxylic acids is 1. The Labute approximate surface area is 96.8 Å². The summed E-state index contributed by atoms with van der Waals surface area (Å²) in [5, 5.41) is 20.5. The van der Waals surface area contributed by atoms with Gasteiger partial charge in [-0.25, -0.2) is 4.79 Å². The lowest BCUT2D eigenvalue weighted by Crippen LogP contribution is -2.42. The minimum atomic E-state index is -0.549. The molecule has 0 aliphatic carbocycles. The second-order valence-corrected chi connectivity index (χ2v) is 5.05. The van der Waals surface area contributed by atoms with E-state index in [4.69, 9.17) is 14.9 Å². The fourth-order valence-electron chi connectivity index (χ4n) is 1.21. The zero-order valence-electron chi connectivity index (χ0n) is 10.5. The number of aliphatic hydroxyl groups excluding tert-OH is 2. The minimum absolute atomic E-state index is 0.0342. The Bertz CT molecular complexity index is 213. The van der Waals surface area contributed by atoms with E-state index >= 15 is 0 Å². The SMILES string of the molecule is C[C@@H](CO)C[C@H](CO)NC(=O)OC(C)(C)C. The Morgan fingerprint density at radius 2 is 1.88 bits per heavy atom. The molecule has 3 N–H and O–H groups in total. The number of alkyl carbamates (subject to hydrolysis) is 1. The van der Waals surface area contributed by atoms with E-state index in [9.17, 15) is 4.79 Å². The zero-order chi connectivity index (χ0) is 12.8. The van der Waals surface area contributed by atoms with Crippen molar-refractivity contribution in [2.24, 2.45) is 5.92 Å². The average molecular weight is 233 g/mol. The van der Waals surface area contributed by atoms with Crippen LogP contribution in [0.25, 0.3) is 0 Å². The van der Waals surface area contributed by atoms with Crippen molar-refractivity contribution in [1.29, 1.82) is 0 Å². The molecular formula is C11H23NO4. The number of hydrogen-bond acceptors (Lipinski definition) is 4. The van der Waals surface area contributed by atoms with E-state index in [2.05, 4.69) is 5.32 Å². The highest BCUT2D eigenvalue weighted by molar-refractivity contribution is 5.68. The Morgan fingerprint density at radius 3 is 2.25 bits per heavy atom. The largest absolute Gasteiger partial charge is 0.444 e. The van der Waals surface area contributed by atoms with Crippen molar-refractivity contribution >= 4 is 6.09 Å². The molecular weight excluding hydrogens is 210 g/mol. The summed E-state index contributed by atoms with van der Waals surface area (Å²) in [4.78, 5) is 11.4. The highest BCUT2D eigenvalue weighted by atomic mass is 16.6. The molecule has 0 aliphatic rings. The quantitative estimate of drug-likeness (QED) is 0.659. The van der Waals surface area contributed by atoms with Crippen molar-refractivity contribution < 1.29 is 19.7 Å². The van der Waals surface area contributed by atoms with Gasteiger partial charge in [0.25, 0.3) is 0 Å². The number of aliphatic hydroxyl groups is 2. The van der Waals surface area contributed by atoms with Crippen molar-refractivity contribution in [3.8, 4) is 0 Å². The molecule has 0 heterocycles. The fraction of sp³-hybridized carbons (Fsp3) is 0.909. The smallest absolute Gasteiger partial charge is 0.407 e. The molecule has 1 amide bonds. The van der Waals surface area contributed by atoms with Crippen LogP contribution in [-0.2, 0) is 4.74 Å². The summed E-state index contributed by atoms with van der Waals surface area (Å²) in [6.07, 6.45) is -0.0246. The Balaban J connectivity index is 4.07. The van der Waals surface area contributed by atoms with Crippen LogP contribution in [-0.4, -0.2) is 41.2 Å². The molecule has 0 aromatic carbocycles. The molecule has 5 nitrogen and oxygen atoms in total.